The SMILES string of the molecule is Nc1cnc2ccccc2c1.O=C(N[C@H]1CN[C@H](C(=O)O)C1)[C@H](O)CCc1ccccc1.On1nnc2ccccc21. The lowest BCUT2D eigenvalue weighted by molar-refractivity contribution is -0.139. The van der Waals surface area contributed by atoms with E-state index in [9.17, 15) is 14.7 Å². The van der Waals surface area contributed by atoms with Crippen LogP contribution in [0.1, 0.15) is 18.4 Å². The summed E-state index contributed by atoms with van der Waals surface area (Å²) in [6, 6.07) is 25.8. The number of aliphatic hydroxyl groups excluding tert-OH is 1. The molecule has 218 valence electrons. The predicted octanol–water partition coefficient (Wildman–Crippen LogP) is 2.40. The minimum atomic E-state index is -1.07. The van der Waals surface area contributed by atoms with E-state index in [1.165, 1.54) is 0 Å². The summed E-state index contributed by atoms with van der Waals surface area (Å²) in [4.78, 5) is 27.6. The van der Waals surface area contributed by atoms with Crippen LogP contribution in [0.3, 0.4) is 0 Å². The number of rotatable bonds is 6. The van der Waals surface area contributed by atoms with Crippen LogP contribution in [0.2, 0.25) is 0 Å². The highest BCUT2D eigenvalue weighted by Crippen LogP contribution is 2.13. The molecule has 42 heavy (non-hydrogen) atoms. The molecule has 1 saturated heterocycles. The Morgan fingerprint density at radius 1 is 1.02 bits per heavy atom. The molecule has 5 aromatic rings. The normalized spacial score (nSPS) is 16.5. The second-order valence-electron chi connectivity index (χ2n) is 9.71. The third kappa shape index (κ3) is 8.46. The van der Waals surface area contributed by atoms with Crippen LogP contribution < -0.4 is 16.4 Å². The van der Waals surface area contributed by atoms with E-state index in [-0.39, 0.29) is 6.04 Å². The Morgan fingerprint density at radius 2 is 1.71 bits per heavy atom. The first-order valence-electron chi connectivity index (χ1n) is 13.4. The highest BCUT2D eigenvalue weighted by atomic mass is 16.5. The van der Waals surface area contributed by atoms with E-state index in [0.29, 0.717) is 42.5 Å². The average molecular weight is 572 g/mol. The number of carboxylic acids is 1. The maximum atomic E-state index is 11.9. The Labute approximate surface area is 241 Å². The fraction of sp³-hybridized carbons (Fsp3) is 0.233. The number of carbonyl (C=O) groups is 2. The smallest absolute Gasteiger partial charge is 0.320 e. The molecule has 0 unspecified atom stereocenters. The summed E-state index contributed by atoms with van der Waals surface area (Å²) >= 11 is 0. The summed E-state index contributed by atoms with van der Waals surface area (Å²) in [7, 11) is 0. The van der Waals surface area contributed by atoms with E-state index in [1.807, 2.05) is 72.8 Å². The van der Waals surface area contributed by atoms with Gasteiger partial charge in [-0.25, -0.2) is 0 Å². The van der Waals surface area contributed by atoms with Crippen molar-refractivity contribution in [2.75, 3.05) is 12.3 Å². The van der Waals surface area contributed by atoms with Gasteiger partial charge in [-0.05, 0) is 54.3 Å². The number of hydrogen-bond acceptors (Lipinski definition) is 9. The molecule has 0 aliphatic carbocycles. The first-order valence-corrected chi connectivity index (χ1v) is 13.4. The Hall–Kier alpha value is -5.07. The minimum Gasteiger partial charge on any atom is -0.480 e. The van der Waals surface area contributed by atoms with Crippen LogP contribution in [0.4, 0.5) is 5.69 Å². The van der Waals surface area contributed by atoms with Crippen LogP contribution in [0, 0.1) is 0 Å². The second-order valence-corrected chi connectivity index (χ2v) is 9.71. The molecule has 0 saturated carbocycles. The number of carboxylic acid groups (broad SMARTS) is 1. The van der Waals surface area contributed by atoms with Crippen LogP contribution in [0.5, 0.6) is 0 Å². The number of nitrogens with one attached hydrogen (secondary N) is 2. The number of nitrogens with two attached hydrogens (primary N) is 1. The first-order chi connectivity index (χ1) is 20.3. The number of aliphatic hydroxyl groups is 1. The molecule has 12 nitrogen and oxygen atoms in total. The molecule has 0 bridgehead atoms. The van der Waals surface area contributed by atoms with Gasteiger partial charge in [-0.2, -0.15) is 0 Å². The van der Waals surface area contributed by atoms with Crippen LogP contribution in [-0.2, 0) is 16.0 Å². The van der Waals surface area contributed by atoms with Crippen molar-refractivity contribution in [3.05, 3.63) is 96.7 Å². The fourth-order valence-electron chi connectivity index (χ4n) is 4.35. The monoisotopic (exact) mass is 571 g/mol. The van der Waals surface area contributed by atoms with Gasteiger partial charge in [0.15, 0.2) is 0 Å². The van der Waals surface area contributed by atoms with Gasteiger partial charge in [0.05, 0.1) is 17.4 Å². The Balaban J connectivity index is 0.000000160. The number of anilines is 1. The minimum absolute atomic E-state index is 0.245. The van der Waals surface area contributed by atoms with Gasteiger partial charge in [-0.15, -0.1) is 5.10 Å². The third-order valence-electron chi connectivity index (χ3n) is 6.57. The topological polar surface area (TPSA) is 189 Å². The number of fused-ring (bicyclic) bond motifs is 2. The van der Waals surface area contributed by atoms with Crippen LogP contribution in [0.15, 0.2) is 91.1 Å². The molecule has 1 aliphatic rings. The molecule has 3 aromatic carbocycles. The van der Waals surface area contributed by atoms with Gasteiger partial charge < -0.3 is 31.8 Å². The van der Waals surface area contributed by atoms with Gasteiger partial charge in [-0.3, -0.25) is 14.6 Å². The number of aliphatic carboxylic acids is 1. The number of para-hydroxylation sites is 2. The van der Waals surface area contributed by atoms with Crippen molar-refractivity contribution >= 4 is 39.5 Å². The largest absolute Gasteiger partial charge is 0.480 e. The van der Waals surface area contributed by atoms with E-state index in [4.69, 9.17) is 16.0 Å². The summed E-state index contributed by atoms with van der Waals surface area (Å²) < 4.78 is 0. The van der Waals surface area contributed by atoms with Crippen LogP contribution in [0.25, 0.3) is 21.9 Å². The van der Waals surface area contributed by atoms with Gasteiger partial charge in [-0.1, -0.05) is 65.5 Å². The molecule has 7 N–H and O–H groups in total. The number of hydrogen-bond donors (Lipinski definition) is 6. The molecule has 1 fully saturated rings. The molecule has 1 aliphatic heterocycles. The van der Waals surface area contributed by atoms with Crippen LogP contribution in [-0.4, -0.2) is 72.2 Å². The van der Waals surface area contributed by atoms with Gasteiger partial charge >= 0.3 is 5.97 Å². The van der Waals surface area contributed by atoms with Crippen molar-refractivity contribution in [2.24, 2.45) is 0 Å². The standard InChI is InChI=1S/C15H20N2O4.C9H8N2.C6H5N3O/c18-13(7-6-10-4-2-1-3-5-10)14(19)17-11-8-12(15(20)21)16-9-11;10-8-5-7-3-1-2-4-9(7)11-6-8;10-9-6-4-2-1-3-5(6)7-8-9/h1-5,11-13,16,18H,6-9H2,(H,17,19)(H,20,21);1-6H,10H2;1-4,10H/t11-,12+,13-;;/m1../s1. The summed E-state index contributed by atoms with van der Waals surface area (Å²) in [6.07, 6.45) is 1.90. The number of amides is 1. The lowest BCUT2D eigenvalue weighted by atomic mass is 10.1. The van der Waals surface area contributed by atoms with Gasteiger partial charge in [0.25, 0.3) is 0 Å². The van der Waals surface area contributed by atoms with Gasteiger partial charge in [0.2, 0.25) is 5.91 Å². The van der Waals surface area contributed by atoms with Crippen molar-refractivity contribution in [3.8, 4) is 0 Å². The molecule has 0 radical (unpaired) electrons. The van der Waals surface area contributed by atoms with Crippen LogP contribution >= 0.6 is 0 Å². The molecule has 3 heterocycles. The number of nitrogen functional groups attached to an aromatic ring is 1. The lowest BCUT2D eigenvalue weighted by Crippen LogP contribution is -2.42. The molecular weight excluding hydrogens is 538 g/mol. The van der Waals surface area contributed by atoms with E-state index < -0.39 is 24.0 Å². The number of pyridine rings is 1. The van der Waals surface area contributed by atoms with E-state index in [1.54, 1.807) is 18.3 Å². The highest BCUT2D eigenvalue weighted by Gasteiger charge is 2.31. The number of aromatic nitrogens is 4. The van der Waals surface area contributed by atoms with Crippen molar-refractivity contribution in [2.45, 2.75) is 37.5 Å². The van der Waals surface area contributed by atoms with Gasteiger partial charge in [0, 0.05) is 18.0 Å². The molecule has 2 aromatic heterocycles. The summed E-state index contributed by atoms with van der Waals surface area (Å²) in [6.45, 7) is 0.411. The second kappa shape index (κ2) is 14.5. The molecule has 3 atom stereocenters. The Bertz CT molecular complexity index is 1610. The molecule has 12 heteroatoms. The lowest BCUT2D eigenvalue weighted by Gasteiger charge is -2.15. The quantitative estimate of drug-likeness (QED) is 0.165. The highest BCUT2D eigenvalue weighted by molar-refractivity contribution is 5.81. The number of carbonyl (C=O) groups excluding carboxylic acids is 1. The number of nitrogens with zero attached hydrogens (tertiary/aromatic N) is 4. The number of aryl methyl sites for hydroxylation is 1. The van der Waals surface area contributed by atoms with E-state index in [0.717, 1.165) is 21.3 Å². The fourth-order valence-corrected chi connectivity index (χ4v) is 4.35. The zero-order chi connectivity index (χ0) is 29.9. The summed E-state index contributed by atoms with van der Waals surface area (Å²) in [5.74, 6) is -1.36. The Kier molecular flexibility index (Phi) is 10.3. The van der Waals surface area contributed by atoms with Crippen molar-refractivity contribution in [1.29, 1.82) is 0 Å². The maximum absolute atomic E-state index is 11.9. The zero-order valence-electron chi connectivity index (χ0n) is 22.7. The molecule has 6 rings (SSSR count). The average Bonchev–Trinajstić information content (AvgIpc) is 3.64. The van der Waals surface area contributed by atoms with Gasteiger partial charge in [0.1, 0.15) is 23.2 Å². The third-order valence-corrected chi connectivity index (χ3v) is 6.57. The summed E-state index contributed by atoms with van der Waals surface area (Å²) in [5.41, 5.74) is 9.65. The van der Waals surface area contributed by atoms with Crippen molar-refractivity contribution < 1.29 is 25.0 Å². The first kappa shape index (κ1) is 29.9. The maximum Gasteiger partial charge on any atom is 0.320 e. The predicted molar refractivity (Wildman–Crippen MR) is 158 cm³/mol. The zero-order valence-corrected chi connectivity index (χ0v) is 22.7. The molecule has 1 amide bonds. The van der Waals surface area contributed by atoms with E-state index >= 15 is 0 Å². The molecule has 0 spiro atoms. The van der Waals surface area contributed by atoms with Crippen molar-refractivity contribution in [3.63, 3.8) is 0 Å². The summed E-state index contributed by atoms with van der Waals surface area (Å²) in [5, 5.41) is 41.4. The number of benzene rings is 3. The Morgan fingerprint density at radius 3 is 2.43 bits per heavy atom. The van der Waals surface area contributed by atoms with E-state index in [2.05, 4.69) is 25.9 Å². The molecular formula is C30H33N7O5. The van der Waals surface area contributed by atoms with Crippen molar-refractivity contribution in [1.82, 2.24) is 30.8 Å².